The molecule has 0 unspecified atom stereocenters. The van der Waals surface area contributed by atoms with Crippen LogP contribution in [0.25, 0.3) is 0 Å². The third-order valence-corrected chi connectivity index (χ3v) is 4.16. The van der Waals surface area contributed by atoms with Crippen molar-refractivity contribution in [1.82, 2.24) is 9.80 Å². The van der Waals surface area contributed by atoms with Crippen LogP contribution in [-0.4, -0.2) is 64.8 Å². The first-order chi connectivity index (χ1) is 10.0. The standard InChI is InChI=1S/C15H26N2O4/c1-3-5-15(13(19)20)6-9-17(10-7-15)14(21)16(8-4-2)11-12-18/h4,18H,2-3,5-12H2,1H3,(H,19,20). The molecular formula is C15H26N2O4. The fourth-order valence-electron chi connectivity index (χ4n) is 2.92. The molecule has 2 amide bonds. The molecule has 0 aromatic heterocycles. The van der Waals surface area contributed by atoms with Gasteiger partial charge in [0.05, 0.1) is 12.0 Å². The quantitative estimate of drug-likeness (QED) is 0.699. The fourth-order valence-corrected chi connectivity index (χ4v) is 2.92. The van der Waals surface area contributed by atoms with Crippen molar-refractivity contribution < 1.29 is 19.8 Å². The number of carboxylic acids is 1. The zero-order valence-corrected chi connectivity index (χ0v) is 12.8. The molecule has 21 heavy (non-hydrogen) atoms. The van der Waals surface area contributed by atoms with Gasteiger partial charge in [0.1, 0.15) is 0 Å². The number of hydrogen-bond acceptors (Lipinski definition) is 3. The van der Waals surface area contributed by atoms with E-state index in [0.717, 1.165) is 6.42 Å². The zero-order chi connectivity index (χ0) is 15.9. The maximum Gasteiger partial charge on any atom is 0.320 e. The Kier molecular flexibility index (Phi) is 6.68. The van der Waals surface area contributed by atoms with Gasteiger partial charge in [-0.25, -0.2) is 4.79 Å². The summed E-state index contributed by atoms with van der Waals surface area (Å²) in [5.74, 6) is -0.755. The Morgan fingerprint density at radius 3 is 2.43 bits per heavy atom. The molecule has 1 heterocycles. The first-order valence-electron chi connectivity index (χ1n) is 7.49. The predicted octanol–water partition coefficient (Wildman–Crippen LogP) is 1.55. The summed E-state index contributed by atoms with van der Waals surface area (Å²) in [5, 5.41) is 18.5. The Morgan fingerprint density at radius 1 is 1.38 bits per heavy atom. The molecule has 1 fully saturated rings. The number of amides is 2. The number of aliphatic hydroxyl groups is 1. The van der Waals surface area contributed by atoms with E-state index in [-0.39, 0.29) is 19.2 Å². The monoisotopic (exact) mass is 298 g/mol. The van der Waals surface area contributed by atoms with Crippen LogP contribution in [0, 0.1) is 5.41 Å². The number of carbonyl (C=O) groups is 2. The lowest BCUT2D eigenvalue weighted by Crippen LogP contribution is -2.51. The Bertz CT molecular complexity index is 376. The first-order valence-corrected chi connectivity index (χ1v) is 7.49. The molecule has 0 aliphatic carbocycles. The molecule has 0 spiro atoms. The molecule has 0 aromatic carbocycles. The van der Waals surface area contributed by atoms with Crippen LogP contribution in [0.3, 0.4) is 0 Å². The zero-order valence-electron chi connectivity index (χ0n) is 12.8. The van der Waals surface area contributed by atoms with Crippen LogP contribution in [0.1, 0.15) is 32.6 Å². The molecule has 1 aliphatic rings. The van der Waals surface area contributed by atoms with Gasteiger partial charge in [-0.2, -0.15) is 0 Å². The van der Waals surface area contributed by atoms with Crippen molar-refractivity contribution in [2.75, 3.05) is 32.8 Å². The van der Waals surface area contributed by atoms with Gasteiger partial charge >= 0.3 is 12.0 Å². The summed E-state index contributed by atoms with van der Waals surface area (Å²) in [5.41, 5.74) is -0.689. The summed E-state index contributed by atoms with van der Waals surface area (Å²) in [6.45, 7) is 7.04. The second kappa shape index (κ2) is 8.02. The topological polar surface area (TPSA) is 81.1 Å². The van der Waals surface area contributed by atoms with Crippen molar-refractivity contribution in [1.29, 1.82) is 0 Å². The van der Waals surface area contributed by atoms with Gasteiger partial charge in [-0.1, -0.05) is 19.4 Å². The van der Waals surface area contributed by atoms with Crippen LogP contribution < -0.4 is 0 Å². The van der Waals surface area contributed by atoms with Gasteiger partial charge in [-0.3, -0.25) is 4.79 Å². The third kappa shape index (κ3) is 4.20. The van der Waals surface area contributed by atoms with Crippen molar-refractivity contribution in [3.05, 3.63) is 12.7 Å². The van der Waals surface area contributed by atoms with Gasteiger partial charge in [-0.15, -0.1) is 6.58 Å². The van der Waals surface area contributed by atoms with Crippen molar-refractivity contribution in [3.8, 4) is 0 Å². The number of aliphatic hydroxyl groups excluding tert-OH is 1. The molecule has 1 aliphatic heterocycles. The lowest BCUT2D eigenvalue weighted by molar-refractivity contribution is -0.152. The van der Waals surface area contributed by atoms with Crippen LogP contribution in [-0.2, 0) is 4.79 Å². The van der Waals surface area contributed by atoms with Crippen LogP contribution in [0.2, 0.25) is 0 Å². The number of piperidine rings is 1. The highest BCUT2D eigenvalue weighted by Gasteiger charge is 2.41. The molecule has 1 saturated heterocycles. The summed E-state index contributed by atoms with van der Waals surface area (Å²) in [6, 6.07) is -0.153. The molecule has 0 aromatic rings. The van der Waals surface area contributed by atoms with Crippen molar-refractivity contribution >= 4 is 12.0 Å². The molecule has 1 rings (SSSR count). The van der Waals surface area contributed by atoms with Gasteiger partial charge in [0.15, 0.2) is 0 Å². The molecule has 0 bridgehead atoms. The lowest BCUT2D eigenvalue weighted by atomic mass is 9.75. The number of carbonyl (C=O) groups excluding carboxylic acids is 1. The molecule has 0 saturated carbocycles. The van der Waals surface area contributed by atoms with Crippen LogP contribution in [0.4, 0.5) is 4.79 Å². The Labute approximate surface area is 126 Å². The number of nitrogens with zero attached hydrogens (tertiary/aromatic N) is 2. The Balaban J connectivity index is 2.67. The van der Waals surface area contributed by atoms with Gasteiger partial charge in [0.2, 0.25) is 0 Å². The van der Waals surface area contributed by atoms with E-state index in [0.29, 0.717) is 38.9 Å². The summed E-state index contributed by atoms with van der Waals surface area (Å²) in [4.78, 5) is 27.1. The van der Waals surface area contributed by atoms with Gasteiger partial charge in [-0.05, 0) is 19.3 Å². The highest BCUT2D eigenvalue weighted by Crippen LogP contribution is 2.36. The molecule has 0 radical (unpaired) electrons. The van der Waals surface area contributed by atoms with Crippen molar-refractivity contribution in [2.24, 2.45) is 5.41 Å². The number of aliphatic carboxylic acids is 1. The lowest BCUT2D eigenvalue weighted by Gasteiger charge is -2.40. The number of likely N-dealkylation sites (tertiary alicyclic amines) is 1. The SMILES string of the molecule is C=CCN(CCO)C(=O)N1CCC(CCC)(C(=O)O)CC1. The van der Waals surface area contributed by atoms with Crippen LogP contribution in [0.5, 0.6) is 0 Å². The minimum atomic E-state index is -0.755. The van der Waals surface area contributed by atoms with E-state index < -0.39 is 11.4 Å². The smallest absolute Gasteiger partial charge is 0.320 e. The summed E-state index contributed by atoms with van der Waals surface area (Å²) in [6.07, 6.45) is 4.08. The van der Waals surface area contributed by atoms with Crippen LogP contribution >= 0.6 is 0 Å². The number of hydrogen-bond donors (Lipinski definition) is 2. The first kappa shape index (κ1) is 17.5. The highest BCUT2D eigenvalue weighted by atomic mass is 16.4. The maximum atomic E-state index is 12.4. The average molecular weight is 298 g/mol. The normalized spacial score (nSPS) is 17.3. The van der Waals surface area contributed by atoms with E-state index >= 15 is 0 Å². The summed E-state index contributed by atoms with van der Waals surface area (Å²) in [7, 11) is 0. The van der Waals surface area contributed by atoms with Gasteiger partial charge < -0.3 is 20.0 Å². The minimum Gasteiger partial charge on any atom is -0.481 e. The number of rotatable bonds is 7. The maximum absolute atomic E-state index is 12.4. The number of urea groups is 1. The molecule has 0 atom stereocenters. The van der Waals surface area contributed by atoms with Gasteiger partial charge in [0.25, 0.3) is 0 Å². The Morgan fingerprint density at radius 2 is 2.00 bits per heavy atom. The van der Waals surface area contributed by atoms with E-state index in [1.807, 2.05) is 6.92 Å². The molecular weight excluding hydrogens is 272 g/mol. The van der Waals surface area contributed by atoms with Crippen molar-refractivity contribution in [2.45, 2.75) is 32.6 Å². The van der Waals surface area contributed by atoms with Gasteiger partial charge in [0, 0.05) is 26.2 Å². The Hall–Kier alpha value is -1.56. The van der Waals surface area contributed by atoms with E-state index in [1.54, 1.807) is 11.0 Å². The van der Waals surface area contributed by atoms with Crippen molar-refractivity contribution in [3.63, 3.8) is 0 Å². The largest absolute Gasteiger partial charge is 0.481 e. The molecule has 2 N–H and O–H groups in total. The van der Waals surface area contributed by atoms with Crippen LogP contribution in [0.15, 0.2) is 12.7 Å². The van der Waals surface area contributed by atoms with E-state index in [9.17, 15) is 14.7 Å². The third-order valence-electron chi connectivity index (χ3n) is 4.16. The summed E-state index contributed by atoms with van der Waals surface area (Å²) < 4.78 is 0. The second-order valence-electron chi connectivity index (χ2n) is 5.56. The minimum absolute atomic E-state index is 0.0949. The van der Waals surface area contributed by atoms with E-state index in [1.165, 1.54) is 4.90 Å². The van der Waals surface area contributed by atoms with E-state index in [2.05, 4.69) is 6.58 Å². The van der Waals surface area contributed by atoms with E-state index in [4.69, 9.17) is 5.11 Å². The summed E-state index contributed by atoms with van der Waals surface area (Å²) >= 11 is 0. The average Bonchev–Trinajstić information content (AvgIpc) is 2.47. The molecule has 120 valence electrons. The predicted molar refractivity (Wildman–Crippen MR) is 80.0 cm³/mol. The highest BCUT2D eigenvalue weighted by molar-refractivity contribution is 5.77. The fraction of sp³-hybridized carbons (Fsp3) is 0.733. The number of carboxylic acid groups (broad SMARTS) is 1. The molecule has 6 nitrogen and oxygen atoms in total. The molecule has 6 heteroatoms. The second-order valence-corrected chi connectivity index (χ2v) is 5.56.